The summed E-state index contributed by atoms with van der Waals surface area (Å²) in [5.74, 6) is 0. The van der Waals surface area contributed by atoms with E-state index < -0.39 is 0 Å². The van der Waals surface area contributed by atoms with Gasteiger partial charge in [-0.05, 0) is 37.7 Å². The standard InChI is InChI=1S/C10H17NO/c1-7-8(2)10(3,4)6-5-9(7)11-12/h9H,5-6H2,1-4H3. The van der Waals surface area contributed by atoms with Gasteiger partial charge in [0.05, 0.1) is 0 Å². The van der Waals surface area contributed by atoms with Crippen molar-refractivity contribution in [1.29, 1.82) is 0 Å². The van der Waals surface area contributed by atoms with Crippen LogP contribution in [0.4, 0.5) is 0 Å². The van der Waals surface area contributed by atoms with Gasteiger partial charge in [-0.1, -0.05) is 24.6 Å². The molecule has 0 aromatic heterocycles. The molecule has 0 radical (unpaired) electrons. The lowest BCUT2D eigenvalue weighted by Gasteiger charge is -2.34. The van der Waals surface area contributed by atoms with E-state index in [1.165, 1.54) is 11.1 Å². The van der Waals surface area contributed by atoms with E-state index in [-0.39, 0.29) is 11.5 Å². The Morgan fingerprint density at radius 1 is 1.42 bits per heavy atom. The molecule has 1 rings (SSSR count). The molecule has 2 nitrogen and oxygen atoms in total. The Balaban J connectivity index is 3.00. The highest BCUT2D eigenvalue weighted by molar-refractivity contribution is 5.25. The lowest BCUT2D eigenvalue weighted by atomic mass is 9.72. The fourth-order valence-electron chi connectivity index (χ4n) is 1.82. The topological polar surface area (TPSA) is 29.4 Å². The molecule has 1 atom stereocenters. The van der Waals surface area contributed by atoms with Gasteiger partial charge in [0.25, 0.3) is 0 Å². The predicted molar refractivity (Wildman–Crippen MR) is 51.0 cm³/mol. The summed E-state index contributed by atoms with van der Waals surface area (Å²) < 4.78 is 0. The van der Waals surface area contributed by atoms with E-state index in [1.807, 2.05) is 6.92 Å². The van der Waals surface area contributed by atoms with Crippen molar-refractivity contribution in [3.05, 3.63) is 16.1 Å². The molecule has 0 aliphatic heterocycles. The first-order valence-electron chi connectivity index (χ1n) is 4.49. The monoisotopic (exact) mass is 167 g/mol. The van der Waals surface area contributed by atoms with Crippen molar-refractivity contribution in [2.75, 3.05) is 0 Å². The van der Waals surface area contributed by atoms with Crippen molar-refractivity contribution in [2.45, 2.75) is 46.6 Å². The Kier molecular flexibility index (Phi) is 2.36. The minimum absolute atomic E-state index is 0.0574. The number of hydrogen-bond acceptors (Lipinski definition) is 2. The molecule has 0 fully saturated rings. The normalized spacial score (nSPS) is 28.8. The SMILES string of the molecule is CC1=C(C)C(C)(C)CCC1N=O. The summed E-state index contributed by atoms with van der Waals surface area (Å²) in [5.41, 5.74) is 2.80. The van der Waals surface area contributed by atoms with E-state index in [0.717, 1.165) is 12.8 Å². The van der Waals surface area contributed by atoms with Crippen molar-refractivity contribution in [3.63, 3.8) is 0 Å². The maximum Gasteiger partial charge on any atom is 0.113 e. The van der Waals surface area contributed by atoms with E-state index >= 15 is 0 Å². The van der Waals surface area contributed by atoms with Gasteiger partial charge in [0.2, 0.25) is 0 Å². The second-order valence-electron chi connectivity index (χ2n) is 4.35. The van der Waals surface area contributed by atoms with Crippen molar-refractivity contribution >= 4 is 0 Å². The Morgan fingerprint density at radius 3 is 2.50 bits per heavy atom. The van der Waals surface area contributed by atoms with Crippen LogP contribution in [0.25, 0.3) is 0 Å². The smallest absolute Gasteiger partial charge is 0.113 e. The number of rotatable bonds is 1. The van der Waals surface area contributed by atoms with Gasteiger partial charge in [0, 0.05) is 0 Å². The molecule has 0 saturated carbocycles. The van der Waals surface area contributed by atoms with Gasteiger partial charge < -0.3 is 0 Å². The first-order chi connectivity index (χ1) is 5.49. The van der Waals surface area contributed by atoms with Crippen LogP contribution in [0.2, 0.25) is 0 Å². The molecular weight excluding hydrogens is 150 g/mol. The van der Waals surface area contributed by atoms with Gasteiger partial charge in [-0.15, -0.1) is 0 Å². The largest absolute Gasteiger partial charge is 0.150 e. The number of nitrogens with zero attached hydrogens (tertiary/aromatic N) is 1. The highest BCUT2D eigenvalue weighted by atomic mass is 16.3. The van der Waals surface area contributed by atoms with Crippen LogP contribution in [0.3, 0.4) is 0 Å². The fourth-order valence-corrected chi connectivity index (χ4v) is 1.82. The second-order valence-corrected chi connectivity index (χ2v) is 4.35. The zero-order valence-electron chi connectivity index (χ0n) is 8.35. The first-order valence-corrected chi connectivity index (χ1v) is 4.49. The summed E-state index contributed by atoms with van der Waals surface area (Å²) in [6.07, 6.45) is 1.99. The second kappa shape index (κ2) is 3.00. The fraction of sp³-hybridized carbons (Fsp3) is 0.800. The Bertz CT molecular complexity index is 228. The van der Waals surface area contributed by atoms with E-state index in [1.54, 1.807) is 0 Å². The summed E-state index contributed by atoms with van der Waals surface area (Å²) in [4.78, 5) is 10.4. The predicted octanol–water partition coefficient (Wildman–Crippen LogP) is 3.28. The third-order valence-corrected chi connectivity index (χ3v) is 3.28. The highest BCUT2D eigenvalue weighted by Crippen LogP contribution is 2.40. The van der Waals surface area contributed by atoms with Gasteiger partial charge in [0.1, 0.15) is 6.04 Å². The molecular formula is C10H17NO. The molecule has 0 amide bonds. The summed E-state index contributed by atoms with van der Waals surface area (Å²) in [6.45, 7) is 8.61. The van der Waals surface area contributed by atoms with E-state index in [4.69, 9.17) is 0 Å². The molecule has 1 unspecified atom stereocenters. The Labute approximate surface area is 74.0 Å². The van der Waals surface area contributed by atoms with Crippen LogP contribution in [0.5, 0.6) is 0 Å². The lowest BCUT2D eigenvalue weighted by Crippen LogP contribution is -2.25. The molecule has 0 aromatic carbocycles. The molecule has 0 saturated heterocycles. The minimum atomic E-state index is -0.0574. The van der Waals surface area contributed by atoms with Crippen LogP contribution in [0.1, 0.15) is 40.5 Å². The third kappa shape index (κ3) is 1.43. The average Bonchev–Trinajstić information content (AvgIpc) is 2.01. The van der Waals surface area contributed by atoms with Crippen LogP contribution in [0, 0.1) is 10.3 Å². The van der Waals surface area contributed by atoms with Gasteiger partial charge in [-0.25, -0.2) is 0 Å². The molecule has 0 spiro atoms. The lowest BCUT2D eigenvalue weighted by molar-refractivity contribution is 0.351. The Hall–Kier alpha value is -0.660. The summed E-state index contributed by atoms with van der Waals surface area (Å²) in [7, 11) is 0. The van der Waals surface area contributed by atoms with Crippen molar-refractivity contribution in [2.24, 2.45) is 10.6 Å². The molecule has 0 bridgehead atoms. The molecule has 1 aliphatic carbocycles. The molecule has 0 N–H and O–H groups in total. The van der Waals surface area contributed by atoms with Crippen molar-refractivity contribution < 1.29 is 0 Å². The molecule has 0 heterocycles. The molecule has 1 aliphatic rings. The maximum absolute atomic E-state index is 10.4. The van der Waals surface area contributed by atoms with Crippen LogP contribution in [0.15, 0.2) is 16.3 Å². The zero-order chi connectivity index (χ0) is 9.35. The number of hydrogen-bond donors (Lipinski definition) is 0. The van der Waals surface area contributed by atoms with E-state index in [2.05, 4.69) is 25.9 Å². The van der Waals surface area contributed by atoms with Gasteiger partial charge in [0.15, 0.2) is 0 Å². The maximum atomic E-state index is 10.4. The summed E-state index contributed by atoms with van der Waals surface area (Å²) in [5, 5.41) is 3.14. The first kappa shape index (κ1) is 9.43. The molecule has 12 heavy (non-hydrogen) atoms. The number of allylic oxidation sites excluding steroid dienone is 1. The van der Waals surface area contributed by atoms with E-state index in [0.29, 0.717) is 0 Å². The summed E-state index contributed by atoms with van der Waals surface area (Å²) >= 11 is 0. The highest BCUT2D eigenvalue weighted by Gasteiger charge is 2.30. The van der Waals surface area contributed by atoms with Crippen molar-refractivity contribution in [3.8, 4) is 0 Å². The average molecular weight is 167 g/mol. The summed E-state index contributed by atoms with van der Waals surface area (Å²) in [6, 6.07) is -0.0574. The van der Waals surface area contributed by atoms with Crippen LogP contribution in [-0.4, -0.2) is 6.04 Å². The third-order valence-electron chi connectivity index (χ3n) is 3.28. The van der Waals surface area contributed by atoms with Gasteiger partial charge in [-0.3, -0.25) is 0 Å². The Morgan fingerprint density at radius 2 is 2.00 bits per heavy atom. The van der Waals surface area contributed by atoms with Crippen molar-refractivity contribution in [1.82, 2.24) is 0 Å². The van der Waals surface area contributed by atoms with Gasteiger partial charge >= 0.3 is 0 Å². The van der Waals surface area contributed by atoms with Crippen LogP contribution >= 0.6 is 0 Å². The van der Waals surface area contributed by atoms with E-state index in [9.17, 15) is 4.91 Å². The zero-order valence-corrected chi connectivity index (χ0v) is 8.35. The van der Waals surface area contributed by atoms with Crippen LogP contribution < -0.4 is 0 Å². The molecule has 2 heteroatoms. The van der Waals surface area contributed by atoms with Crippen LogP contribution in [-0.2, 0) is 0 Å². The van der Waals surface area contributed by atoms with Gasteiger partial charge in [-0.2, -0.15) is 4.91 Å². The molecule has 0 aromatic rings. The minimum Gasteiger partial charge on any atom is -0.150 e. The quantitative estimate of drug-likeness (QED) is 0.435. The molecule has 68 valence electrons. The number of nitroso groups, excluding NO2 is 1.